The third-order valence-electron chi connectivity index (χ3n) is 3.87. The Morgan fingerprint density at radius 1 is 1.32 bits per heavy atom. The summed E-state index contributed by atoms with van der Waals surface area (Å²) in [5.74, 6) is 0.132. The minimum Gasteiger partial charge on any atom is -0.355 e. The molecule has 1 unspecified atom stereocenters. The predicted molar refractivity (Wildman–Crippen MR) is 75.5 cm³/mol. The van der Waals surface area contributed by atoms with Crippen LogP contribution in [0.15, 0.2) is 0 Å². The standard InChI is InChI=1S/C14H27N3O2/c1-11(15)6-7-12(18)16-10-14(8-4-5-9-14)13(19)17(2)3/h11H,4-10,15H2,1-3H3,(H,16,18). The molecule has 0 aromatic heterocycles. The molecule has 0 aliphatic heterocycles. The van der Waals surface area contributed by atoms with E-state index in [-0.39, 0.29) is 23.3 Å². The van der Waals surface area contributed by atoms with Crippen molar-refractivity contribution in [3.8, 4) is 0 Å². The molecule has 1 fully saturated rings. The molecule has 19 heavy (non-hydrogen) atoms. The van der Waals surface area contributed by atoms with Crippen molar-refractivity contribution in [3.05, 3.63) is 0 Å². The van der Waals surface area contributed by atoms with Crippen LogP contribution in [0.3, 0.4) is 0 Å². The second-order valence-electron chi connectivity index (χ2n) is 5.98. The Labute approximate surface area is 115 Å². The maximum absolute atomic E-state index is 12.3. The van der Waals surface area contributed by atoms with Gasteiger partial charge < -0.3 is 16.0 Å². The van der Waals surface area contributed by atoms with Crippen LogP contribution in [0, 0.1) is 5.41 Å². The molecule has 0 aromatic carbocycles. The summed E-state index contributed by atoms with van der Waals surface area (Å²) in [7, 11) is 3.56. The molecule has 110 valence electrons. The average Bonchev–Trinajstić information content (AvgIpc) is 2.82. The number of nitrogens with one attached hydrogen (secondary N) is 1. The van der Waals surface area contributed by atoms with Crippen molar-refractivity contribution >= 4 is 11.8 Å². The van der Waals surface area contributed by atoms with E-state index in [0.717, 1.165) is 25.7 Å². The molecule has 1 atom stereocenters. The molecule has 3 N–H and O–H groups in total. The fourth-order valence-electron chi connectivity index (χ4n) is 2.71. The molecule has 1 aliphatic rings. The van der Waals surface area contributed by atoms with Gasteiger partial charge in [0.15, 0.2) is 0 Å². The highest BCUT2D eigenvalue weighted by Gasteiger charge is 2.42. The summed E-state index contributed by atoms with van der Waals surface area (Å²) < 4.78 is 0. The minimum atomic E-state index is -0.381. The molecule has 0 aromatic rings. The first-order valence-corrected chi connectivity index (χ1v) is 7.11. The van der Waals surface area contributed by atoms with Gasteiger partial charge in [0, 0.05) is 33.1 Å². The summed E-state index contributed by atoms with van der Waals surface area (Å²) in [5.41, 5.74) is 5.25. The maximum atomic E-state index is 12.3. The lowest BCUT2D eigenvalue weighted by atomic mass is 9.84. The summed E-state index contributed by atoms with van der Waals surface area (Å²) in [6.07, 6.45) is 4.99. The molecule has 0 saturated heterocycles. The van der Waals surface area contributed by atoms with Crippen LogP contribution in [0.4, 0.5) is 0 Å². The maximum Gasteiger partial charge on any atom is 0.230 e. The van der Waals surface area contributed by atoms with Crippen LogP contribution in [-0.4, -0.2) is 43.4 Å². The van der Waals surface area contributed by atoms with E-state index in [1.54, 1.807) is 19.0 Å². The number of amides is 2. The van der Waals surface area contributed by atoms with Crippen molar-refractivity contribution in [2.24, 2.45) is 11.1 Å². The lowest BCUT2D eigenvalue weighted by Gasteiger charge is -2.30. The molecule has 1 saturated carbocycles. The molecule has 1 rings (SSSR count). The minimum absolute atomic E-state index is 0.00451. The Hall–Kier alpha value is -1.10. The number of carbonyl (C=O) groups is 2. The van der Waals surface area contributed by atoms with Crippen LogP contribution in [0.25, 0.3) is 0 Å². The van der Waals surface area contributed by atoms with Crippen molar-refractivity contribution in [2.75, 3.05) is 20.6 Å². The number of hydrogen-bond donors (Lipinski definition) is 2. The molecule has 0 heterocycles. The van der Waals surface area contributed by atoms with Gasteiger partial charge in [-0.3, -0.25) is 9.59 Å². The summed E-state index contributed by atoms with van der Waals surface area (Å²) in [6, 6.07) is 0.0367. The van der Waals surface area contributed by atoms with Crippen LogP contribution in [0.1, 0.15) is 45.4 Å². The normalized spacial score (nSPS) is 18.9. The highest BCUT2D eigenvalue weighted by atomic mass is 16.2. The van der Waals surface area contributed by atoms with E-state index in [1.807, 2.05) is 6.92 Å². The van der Waals surface area contributed by atoms with Gasteiger partial charge in [0.1, 0.15) is 0 Å². The SMILES string of the molecule is CC(N)CCC(=O)NCC1(C(=O)N(C)C)CCCC1. The second-order valence-corrected chi connectivity index (χ2v) is 5.98. The molecular weight excluding hydrogens is 242 g/mol. The van der Waals surface area contributed by atoms with E-state index in [4.69, 9.17) is 5.73 Å². The number of carbonyl (C=O) groups excluding carboxylic acids is 2. The van der Waals surface area contributed by atoms with Crippen molar-refractivity contribution in [2.45, 2.75) is 51.5 Å². The zero-order valence-corrected chi connectivity index (χ0v) is 12.4. The lowest BCUT2D eigenvalue weighted by Crippen LogP contribution is -2.46. The van der Waals surface area contributed by atoms with Gasteiger partial charge in [-0.2, -0.15) is 0 Å². The van der Waals surface area contributed by atoms with Crippen molar-refractivity contribution in [1.29, 1.82) is 0 Å². The monoisotopic (exact) mass is 269 g/mol. The quantitative estimate of drug-likeness (QED) is 0.751. The Balaban J connectivity index is 2.51. The van der Waals surface area contributed by atoms with Gasteiger partial charge in [-0.15, -0.1) is 0 Å². The number of hydrogen-bond acceptors (Lipinski definition) is 3. The molecule has 2 amide bonds. The third-order valence-corrected chi connectivity index (χ3v) is 3.87. The Kier molecular flexibility index (Phi) is 5.79. The second kappa shape index (κ2) is 6.89. The topological polar surface area (TPSA) is 75.4 Å². The van der Waals surface area contributed by atoms with E-state index in [2.05, 4.69) is 5.32 Å². The molecular formula is C14H27N3O2. The van der Waals surface area contributed by atoms with E-state index in [0.29, 0.717) is 19.4 Å². The van der Waals surface area contributed by atoms with Crippen LogP contribution >= 0.6 is 0 Å². The number of rotatable bonds is 6. The molecule has 0 spiro atoms. The van der Waals surface area contributed by atoms with Crippen LogP contribution in [0.5, 0.6) is 0 Å². The molecule has 5 nitrogen and oxygen atoms in total. The Morgan fingerprint density at radius 2 is 1.89 bits per heavy atom. The third kappa shape index (κ3) is 4.49. The van der Waals surface area contributed by atoms with Gasteiger partial charge in [-0.25, -0.2) is 0 Å². The van der Waals surface area contributed by atoms with Crippen molar-refractivity contribution in [3.63, 3.8) is 0 Å². The fraction of sp³-hybridized carbons (Fsp3) is 0.857. The van der Waals surface area contributed by atoms with Crippen LogP contribution in [-0.2, 0) is 9.59 Å². The molecule has 1 aliphatic carbocycles. The first-order chi connectivity index (χ1) is 8.87. The van der Waals surface area contributed by atoms with Gasteiger partial charge >= 0.3 is 0 Å². The van der Waals surface area contributed by atoms with E-state index >= 15 is 0 Å². The summed E-state index contributed by atoms with van der Waals surface area (Å²) in [5, 5.41) is 2.91. The number of nitrogens with zero attached hydrogens (tertiary/aromatic N) is 1. The smallest absolute Gasteiger partial charge is 0.230 e. The van der Waals surface area contributed by atoms with E-state index in [1.165, 1.54) is 0 Å². The van der Waals surface area contributed by atoms with Crippen molar-refractivity contribution < 1.29 is 9.59 Å². The summed E-state index contributed by atoms with van der Waals surface area (Å²) in [4.78, 5) is 25.7. The van der Waals surface area contributed by atoms with E-state index in [9.17, 15) is 9.59 Å². The average molecular weight is 269 g/mol. The zero-order chi connectivity index (χ0) is 14.5. The first-order valence-electron chi connectivity index (χ1n) is 7.11. The van der Waals surface area contributed by atoms with Gasteiger partial charge in [-0.05, 0) is 26.2 Å². The zero-order valence-electron chi connectivity index (χ0n) is 12.4. The summed E-state index contributed by atoms with van der Waals surface area (Å²) in [6.45, 7) is 2.35. The lowest BCUT2D eigenvalue weighted by molar-refractivity contribution is -0.139. The highest BCUT2D eigenvalue weighted by molar-refractivity contribution is 5.84. The predicted octanol–water partition coefficient (Wildman–Crippen LogP) is 0.879. The fourth-order valence-corrected chi connectivity index (χ4v) is 2.71. The number of nitrogens with two attached hydrogens (primary N) is 1. The van der Waals surface area contributed by atoms with Crippen molar-refractivity contribution in [1.82, 2.24) is 10.2 Å². The Bertz CT molecular complexity index is 321. The largest absolute Gasteiger partial charge is 0.355 e. The van der Waals surface area contributed by atoms with Gasteiger partial charge in [0.25, 0.3) is 0 Å². The molecule has 5 heteroatoms. The van der Waals surface area contributed by atoms with Gasteiger partial charge in [-0.1, -0.05) is 12.8 Å². The summed E-state index contributed by atoms with van der Waals surface area (Å²) >= 11 is 0. The Morgan fingerprint density at radius 3 is 2.37 bits per heavy atom. The van der Waals surface area contributed by atoms with Crippen LogP contribution < -0.4 is 11.1 Å². The van der Waals surface area contributed by atoms with E-state index < -0.39 is 0 Å². The van der Waals surface area contributed by atoms with Gasteiger partial charge in [0.05, 0.1) is 5.41 Å². The van der Waals surface area contributed by atoms with Crippen LogP contribution in [0.2, 0.25) is 0 Å². The molecule has 0 radical (unpaired) electrons. The van der Waals surface area contributed by atoms with Gasteiger partial charge in [0.2, 0.25) is 11.8 Å². The highest BCUT2D eigenvalue weighted by Crippen LogP contribution is 2.38. The first kappa shape index (κ1) is 16.0. The molecule has 0 bridgehead atoms.